The number of nitrogens with zero attached hydrogens (tertiary/aromatic N) is 1. The number of hydrogen-bond acceptors (Lipinski definition) is 4. The fourth-order valence-electron chi connectivity index (χ4n) is 2.48. The van der Waals surface area contributed by atoms with Gasteiger partial charge in [-0.15, -0.1) is 11.3 Å². The zero-order valence-electron chi connectivity index (χ0n) is 15.6. The molecule has 0 bridgehead atoms. The van der Waals surface area contributed by atoms with Gasteiger partial charge >= 0.3 is 5.97 Å². The maximum Gasteiger partial charge on any atom is 0.337 e. The van der Waals surface area contributed by atoms with Crippen molar-refractivity contribution in [2.24, 2.45) is 4.99 Å². The molecular weight excluding hydrogens is 346 g/mol. The molecular formula is C20H27N3O2S. The molecule has 0 aliphatic heterocycles. The van der Waals surface area contributed by atoms with Gasteiger partial charge in [0.25, 0.3) is 0 Å². The lowest BCUT2D eigenvalue weighted by atomic mass is 10.1. The largest absolute Gasteiger partial charge is 0.465 e. The highest BCUT2D eigenvalue weighted by atomic mass is 32.1. The van der Waals surface area contributed by atoms with Gasteiger partial charge in [0, 0.05) is 23.9 Å². The molecule has 0 aliphatic rings. The summed E-state index contributed by atoms with van der Waals surface area (Å²) in [6.45, 7) is 6.61. The van der Waals surface area contributed by atoms with Crippen LogP contribution in [-0.2, 0) is 11.2 Å². The van der Waals surface area contributed by atoms with Crippen LogP contribution in [0.15, 0.2) is 46.8 Å². The first-order valence-electron chi connectivity index (χ1n) is 8.86. The minimum Gasteiger partial charge on any atom is -0.465 e. The van der Waals surface area contributed by atoms with Crippen molar-refractivity contribution in [3.05, 3.63) is 57.8 Å². The molecule has 2 aromatic rings. The van der Waals surface area contributed by atoms with Crippen molar-refractivity contribution in [3.63, 3.8) is 0 Å². The highest BCUT2D eigenvalue weighted by Gasteiger charge is 2.07. The van der Waals surface area contributed by atoms with Gasteiger partial charge < -0.3 is 15.4 Å². The molecule has 2 rings (SSSR count). The summed E-state index contributed by atoms with van der Waals surface area (Å²) in [7, 11) is 1.39. The Kier molecular flexibility index (Phi) is 8.15. The molecule has 0 amide bonds. The van der Waals surface area contributed by atoms with Crippen molar-refractivity contribution in [2.75, 3.05) is 26.7 Å². The van der Waals surface area contributed by atoms with Gasteiger partial charge in [-0.05, 0) is 42.5 Å². The molecule has 0 aliphatic carbocycles. The van der Waals surface area contributed by atoms with E-state index in [9.17, 15) is 4.79 Å². The second-order valence-electron chi connectivity index (χ2n) is 6.00. The molecule has 6 heteroatoms. The second kappa shape index (κ2) is 10.6. The van der Waals surface area contributed by atoms with Crippen molar-refractivity contribution in [1.82, 2.24) is 10.6 Å². The smallest absolute Gasteiger partial charge is 0.337 e. The first-order chi connectivity index (χ1) is 12.6. The van der Waals surface area contributed by atoms with Crippen LogP contribution in [-0.4, -0.2) is 38.7 Å². The quantitative estimate of drug-likeness (QED) is 0.423. The normalized spacial score (nSPS) is 12.5. The van der Waals surface area contributed by atoms with E-state index in [1.165, 1.54) is 12.0 Å². The van der Waals surface area contributed by atoms with E-state index in [0.717, 1.165) is 37.6 Å². The Labute approximate surface area is 159 Å². The Morgan fingerprint density at radius 2 is 2.00 bits per heavy atom. The molecule has 140 valence electrons. The van der Waals surface area contributed by atoms with E-state index >= 15 is 0 Å². The number of esters is 1. The van der Waals surface area contributed by atoms with E-state index in [4.69, 9.17) is 4.74 Å². The van der Waals surface area contributed by atoms with Crippen LogP contribution in [0.2, 0.25) is 0 Å². The molecule has 0 saturated carbocycles. The first kappa shape index (κ1) is 20.0. The SMILES string of the molecule is CCNC(=NCC(C)c1cccs1)NCCc1ccc(C(=O)OC)cc1. The summed E-state index contributed by atoms with van der Waals surface area (Å²) in [4.78, 5) is 17.5. The number of carbonyl (C=O) groups is 1. The second-order valence-corrected chi connectivity index (χ2v) is 6.98. The summed E-state index contributed by atoms with van der Waals surface area (Å²) in [6.07, 6.45) is 0.854. The molecule has 26 heavy (non-hydrogen) atoms. The minimum atomic E-state index is -0.309. The predicted molar refractivity (Wildman–Crippen MR) is 108 cm³/mol. The van der Waals surface area contributed by atoms with E-state index in [-0.39, 0.29) is 5.97 Å². The molecule has 0 saturated heterocycles. The Hall–Kier alpha value is -2.34. The standard InChI is InChI=1S/C20H27N3O2S/c1-4-21-20(23-14-15(2)18-6-5-13-26-18)22-12-11-16-7-9-17(10-8-16)19(24)25-3/h5-10,13,15H,4,11-12,14H2,1-3H3,(H2,21,22,23). The van der Waals surface area contributed by atoms with Crippen molar-refractivity contribution >= 4 is 23.3 Å². The number of methoxy groups -OCH3 is 1. The lowest BCUT2D eigenvalue weighted by Crippen LogP contribution is -2.38. The van der Waals surface area contributed by atoms with Gasteiger partial charge in [-0.3, -0.25) is 4.99 Å². The fraction of sp³-hybridized carbons (Fsp3) is 0.400. The van der Waals surface area contributed by atoms with Crippen LogP contribution in [0.3, 0.4) is 0 Å². The van der Waals surface area contributed by atoms with Crippen LogP contribution in [0.1, 0.15) is 40.6 Å². The summed E-state index contributed by atoms with van der Waals surface area (Å²) in [5.74, 6) is 0.939. The average molecular weight is 374 g/mol. The summed E-state index contributed by atoms with van der Waals surface area (Å²) in [6, 6.07) is 11.7. The molecule has 5 nitrogen and oxygen atoms in total. The predicted octanol–water partition coefficient (Wildman–Crippen LogP) is 3.44. The average Bonchev–Trinajstić information content (AvgIpc) is 3.20. The summed E-state index contributed by atoms with van der Waals surface area (Å²) in [5.41, 5.74) is 1.73. The molecule has 2 N–H and O–H groups in total. The number of rotatable bonds is 8. The third-order valence-corrected chi connectivity index (χ3v) is 5.08. The van der Waals surface area contributed by atoms with Crippen molar-refractivity contribution in [3.8, 4) is 0 Å². The van der Waals surface area contributed by atoms with Crippen molar-refractivity contribution in [1.29, 1.82) is 0 Å². The summed E-state index contributed by atoms with van der Waals surface area (Å²) in [5, 5.41) is 8.75. The Morgan fingerprint density at radius 1 is 1.23 bits per heavy atom. The molecule has 1 aromatic carbocycles. The highest BCUT2D eigenvalue weighted by molar-refractivity contribution is 7.10. The van der Waals surface area contributed by atoms with Crippen LogP contribution in [0.25, 0.3) is 0 Å². The van der Waals surface area contributed by atoms with Gasteiger partial charge in [-0.1, -0.05) is 25.1 Å². The lowest BCUT2D eigenvalue weighted by Gasteiger charge is -2.13. The molecule has 1 heterocycles. The van der Waals surface area contributed by atoms with Crippen LogP contribution in [0, 0.1) is 0 Å². The van der Waals surface area contributed by atoms with Gasteiger partial charge in [0.05, 0.1) is 19.2 Å². The third kappa shape index (κ3) is 6.19. The third-order valence-electron chi connectivity index (χ3n) is 3.98. The lowest BCUT2D eigenvalue weighted by molar-refractivity contribution is 0.0600. The van der Waals surface area contributed by atoms with E-state index < -0.39 is 0 Å². The zero-order valence-corrected chi connectivity index (χ0v) is 16.4. The topological polar surface area (TPSA) is 62.7 Å². The number of aliphatic imine (C=N–C) groups is 1. The van der Waals surface area contributed by atoms with Crippen LogP contribution in [0.4, 0.5) is 0 Å². The minimum absolute atomic E-state index is 0.309. The molecule has 0 radical (unpaired) electrons. The molecule has 0 spiro atoms. The Bertz CT molecular complexity index is 696. The number of hydrogen-bond donors (Lipinski definition) is 2. The van der Waals surface area contributed by atoms with E-state index in [1.54, 1.807) is 23.5 Å². The van der Waals surface area contributed by atoms with E-state index in [2.05, 4.69) is 47.0 Å². The number of ether oxygens (including phenoxy) is 1. The first-order valence-corrected chi connectivity index (χ1v) is 9.74. The van der Waals surface area contributed by atoms with Crippen LogP contribution in [0.5, 0.6) is 0 Å². The van der Waals surface area contributed by atoms with E-state index in [1.807, 2.05) is 12.1 Å². The fourth-order valence-corrected chi connectivity index (χ4v) is 3.26. The zero-order chi connectivity index (χ0) is 18.8. The number of nitrogens with one attached hydrogen (secondary N) is 2. The number of thiophene rings is 1. The van der Waals surface area contributed by atoms with Gasteiger partial charge in [-0.25, -0.2) is 4.79 Å². The molecule has 1 atom stereocenters. The summed E-state index contributed by atoms with van der Waals surface area (Å²) < 4.78 is 4.71. The van der Waals surface area contributed by atoms with Gasteiger partial charge in [-0.2, -0.15) is 0 Å². The van der Waals surface area contributed by atoms with Crippen molar-refractivity contribution in [2.45, 2.75) is 26.2 Å². The number of carbonyl (C=O) groups excluding carboxylic acids is 1. The maximum absolute atomic E-state index is 11.5. The Balaban J connectivity index is 1.84. The number of benzene rings is 1. The van der Waals surface area contributed by atoms with Gasteiger partial charge in [0.2, 0.25) is 0 Å². The molecule has 1 aromatic heterocycles. The monoisotopic (exact) mass is 373 g/mol. The number of guanidine groups is 1. The summed E-state index contributed by atoms with van der Waals surface area (Å²) >= 11 is 1.77. The highest BCUT2D eigenvalue weighted by Crippen LogP contribution is 2.20. The van der Waals surface area contributed by atoms with Crippen LogP contribution >= 0.6 is 11.3 Å². The maximum atomic E-state index is 11.5. The Morgan fingerprint density at radius 3 is 2.62 bits per heavy atom. The molecule has 0 fully saturated rings. The van der Waals surface area contributed by atoms with Crippen molar-refractivity contribution < 1.29 is 9.53 Å². The van der Waals surface area contributed by atoms with Crippen LogP contribution < -0.4 is 10.6 Å². The van der Waals surface area contributed by atoms with Gasteiger partial charge in [0.1, 0.15) is 0 Å². The van der Waals surface area contributed by atoms with Gasteiger partial charge in [0.15, 0.2) is 5.96 Å². The van der Waals surface area contributed by atoms with E-state index in [0.29, 0.717) is 11.5 Å². The molecule has 1 unspecified atom stereocenters.